The highest BCUT2D eigenvalue weighted by Gasteiger charge is 2.31. The first-order chi connectivity index (χ1) is 8.11. The molecule has 1 aliphatic rings. The molecule has 4 nitrogen and oxygen atoms in total. The molecule has 4 heteroatoms. The van der Waals surface area contributed by atoms with Crippen LogP contribution in [0.15, 0.2) is 0 Å². The zero-order valence-corrected chi connectivity index (χ0v) is 11.3. The van der Waals surface area contributed by atoms with Crippen molar-refractivity contribution in [1.82, 2.24) is 5.32 Å². The van der Waals surface area contributed by atoms with Gasteiger partial charge in [-0.05, 0) is 26.2 Å². The number of hydrogen-bond acceptors (Lipinski definition) is 4. The second kappa shape index (κ2) is 6.97. The van der Waals surface area contributed by atoms with Gasteiger partial charge in [-0.1, -0.05) is 19.8 Å². The minimum Gasteiger partial charge on any atom is -0.468 e. The van der Waals surface area contributed by atoms with Crippen LogP contribution in [0.25, 0.3) is 0 Å². The Morgan fingerprint density at radius 3 is 2.88 bits per heavy atom. The van der Waals surface area contributed by atoms with E-state index < -0.39 is 0 Å². The lowest BCUT2D eigenvalue weighted by Gasteiger charge is -2.26. The number of carbonyl (C=O) groups is 1. The summed E-state index contributed by atoms with van der Waals surface area (Å²) in [5.41, 5.74) is -0.113. The number of rotatable bonds is 7. The zero-order valence-electron chi connectivity index (χ0n) is 11.3. The summed E-state index contributed by atoms with van der Waals surface area (Å²) in [5, 5.41) is 3.29. The third kappa shape index (κ3) is 4.64. The number of nitrogens with one attached hydrogen (secondary N) is 1. The summed E-state index contributed by atoms with van der Waals surface area (Å²) in [6.07, 6.45) is 5.12. The van der Waals surface area contributed by atoms with Crippen molar-refractivity contribution in [3.8, 4) is 0 Å². The predicted octanol–water partition coefficient (Wildman–Crippen LogP) is 1.88. The first-order valence-electron chi connectivity index (χ1n) is 6.56. The first kappa shape index (κ1) is 14.5. The average Bonchev–Trinajstić information content (AvgIpc) is 2.76. The minimum atomic E-state index is -0.194. The third-order valence-electron chi connectivity index (χ3n) is 3.35. The van der Waals surface area contributed by atoms with Crippen molar-refractivity contribution in [2.45, 2.75) is 57.6 Å². The van der Waals surface area contributed by atoms with Crippen molar-refractivity contribution in [1.29, 1.82) is 0 Å². The van der Waals surface area contributed by atoms with Gasteiger partial charge in [0.2, 0.25) is 0 Å². The summed E-state index contributed by atoms with van der Waals surface area (Å²) in [6, 6.07) is -0.194. The lowest BCUT2D eigenvalue weighted by atomic mass is 10.0. The van der Waals surface area contributed by atoms with E-state index in [0.29, 0.717) is 0 Å². The van der Waals surface area contributed by atoms with Crippen LogP contribution in [0.2, 0.25) is 0 Å². The van der Waals surface area contributed by atoms with Crippen LogP contribution in [-0.4, -0.2) is 37.9 Å². The summed E-state index contributed by atoms with van der Waals surface area (Å²) < 4.78 is 10.5. The molecule has 0 aliphatic carbocycles. The van der Waals surface area contributed by atoms with Crippen molar-refractivity contribution in [2.24, 2.45) is 0 Å². The summed E-state index contributed by atoms with van der Waals surface area (Å²) in [7, 11) is 1.44. The maximum Gasteiger partial charge on any atom is 0.322 e. The summed E-state index contributed by atoms with van der Waals surface area (Å²) >= 11 is 0. The largest absolute Gasteiger partial charge is 0.468 e. The quantitative estimate of drug-likeness (QED) is 0.694. The molecule has 0 saturated carbocycles. The predicted molar refractivity (Wildman–Crippen MR) is 66.9 cm³/mol. The molecule has 0 aromatic carbocycles. The molecule has 1 N–H and O–H groups in total. The van der Waals surface area contributed by atoms with E-state index in [0.717, 1.165) is 45.3 Å². The highest BCUT2D eigenvalue weighted by Crippen LogP contribution is 2.24. The van der Waals surface area contributed by atoms with Crippen molar-refractivity contribution in [2.75, 3.05) is 20.3 Å². The van der Waals surface area contributed by atoms with E-state index in [2.05, 4.69) is 19.2 Å². The summed E-state index contributed by atoms with van der Waals surface area (Å²) in [5.74, 6) is -0.167. The van der Waals surface area contributed by atoms with Gasteiger partial charge < -0.3 is 14.8 Å². The van der Waals surface area contributed by atoms with Gasteiger partial charge in [-0.3, -0.25) is 4.79 Å². The molecule has 2 atom stereocenters. The van der Waals surface area contributed by atoms with Crippen molar-refractivity contribution in [3.05, 3.63) is 0 Å². The molecule has 1 saturated heterocycles. The molecule has 1 heterocycles. The summed E-state index contributed by atoms with van der Waals surface area (Å²) in [6.45, 7) is 5.77. The van der Waals surface area contributed by atoms with Gasteiger partial charge in [-0.15, -0.1) is 0 Å². The second-order valence-corrected chi connectivity index (χ2v) is 5.00. The molecule has 1 rings (SSSR count). The zero-order chi connectivity index (χ0) is 12.7. The van der Waals surface area contributed by atoms with Crippen LogP contribution in [0.3, 0.4) is 0 Å². The molecule has 100 valence electrons. The third-order valence-corrected chi connectivity index (χ3v) is 3.35. The number of methoxy groups -OCH3 is 1. The van der Waals surface area contributed by atoms with Crippen LogP contribution >= 0.6 is 0 Å². The molecule has 0 bridgehead atoms. The Bertz CT molecular complexity index is 237. The average molecular weight is 243 g/mol. The monoisotopic (exact) mass is 243 g/mol. The van der Waals surface area contributed by atoms with E-state index in [1.54, 1.807) is 0 Å². The first-order valence-corrected chi connectivity index (χ1v) is 6.56. The maximum absolute atomic E-state index is 11.6. The van der Waals surface area contributed by atoms with Gasteiger partial charge in [-0.2, -0.15) is 0 Å². The van der Waals surface area contributed by atoms with E-state index in [9.17, 15) is 4.79 Å². The van der Waals surface area contributed by atoms with Gasteiger partial charge in [0.1, 0.15) is 6.04 Å². The number of ether oxygens (including phenoxy) is 2. The smallest absolute Gasteiger partial charge is 0.322 e. The van der Waals surface area contributed by atoms with Crippen LogP contribution in [0, 0.1) is 0 Å². The fraction of sp³-hybridized carbons (Fsp3) is 0.923. The van der Waals surface area contributed by atoms with Crippen molar-refractivity contribution < 1.29 is 14.3 Å². The fourth-order valence-corrected chi connectivity index (χ4v) is 2.17. The van der Waals surface area contributed by atoms with Crippen molar-refractivity contribution in [3.63, 3.8) is 0 Å². The number of hydrogen-bond donors (Lipinski definition) is 1. The van der Waals surface area contributed by atoms with Gasteiger partial charge in [0, 0.05) is 13.2 Å². The molecule has 1 fully saturated rings. The molecule has 0 amide bonds. The molecular weight excluding hydrogens is 218 g/mol. The van der Waals surface area contributed by atoms with Crippen molar-refractivity contribution >= 4 is 5.97 Å². The van der Waals surface area contributed by atoms with Crippen LogP contribution in [-0.2, 0) is 14.3 Å². The SMILES string of the molecule is CCCCC(NCC1(C)CCCO1)C(=O)OC. The maximum atomic E-state index is 11.6. The molecule has 2 unspecified atom stereocenters. The molecular formula is C13H25NO3. The van der Waals surface area contributed by atoms with Crippen LogP contribution in [0.5, 0.6) is 0 Å². The highest BCUT2D eigenvalue weighted by atomic mass is 16.5. The number of esters is 1. The Hall–Kier alpha value is -0.610. The van der Waals surface area contributed by atoms with Gasteiger partial charge >= 0.3 is 5.97 Å². The number of unbranched alkanes of at least 4 members (excludes halogenated alkanes) is 1. The lowest BCUT2D eigenvalue weighted by Crippen LogP contribution is -2.46. The lowest BCUT2D eigenvalue weighted by molar-refractivity contribution is -0.143. The van der Waals surface area contributed by atoms with Gasteiger partial charge in [0.25, 0.3) is 0 Å². The van der Waals surface area contributed by atoms with E-state index >= 15 is 0 Å². The van der Waals surface area contributed by atoms with E-state index in [4.69, 9.17) is 9.47 Å². The van der Waals surface area contributed by atoms with Gasteiger partial charge in [0.05, 0.1) is 12.7 Å². The summed E-state index contributed by atoms with van der Waals surface area (Å²) in [4.78, 5) is 11.6. The standard InChI is InChI=1S/C13H25NO3/c1-4-5-7-11(12(15)16-3)14-10-13(2)8-6-9-17-13/h11,14H,4-10H2,1-3H3. The van der Waals surface area contributed by atoms with Crippen LogP contribution in [0.1, 0.15) is 46.0 Å². The highest BCUT2D eigenvalue weighted by molar-refractivity contribution is 5.75. The van der Waals surface area contributed by atoms with E-state index in [-0.39, 0.29) is 17.6 Å². The Morgan fingerprint density at radius 1 is 1.59 bits per heavy atom. The topological polar surface area (TPSA) is 47.6 Å². The van der Waals surface area contributed by atoms with Crippen LogP contribution < -0.4 is 5.32 Å². The Labute approximate surface area is 104 Å². The molecule has 17 heavy (non-hydrogen) atoms. The molecule has 1 aliphatic heterocycles. The molecule has 0 aromatic rings. The second-order valence-electron chi connectivity index (χ2n) is 5.00. The molecule has 0 aromatic heterocycles. The Balaban J connectivity index is 2.39. The van der Waals surface area contributed by atoms with E-state index in [1.165, 1.54) is 7.11 Å². The van der Waals surface area contributed by atoms with Gasteiger partial charge in [-0.25, -0.2) is 0 Å². The van der Waals surface area contributed by atoms with E-state index in [1.807, 2.05) is 0 Å². The Morgan fingerprint density at radius 2 is 2.35 bits per heavy atom. The van der Waals surface area contributed by atoms with Crippen LogP contribution in [0.4, 0.5) is 0 Å². The molecule has 0 radical (unpaired) electrons. The Kier molecular flexibility index (Phi) is 5.92. The molecule has 0 spiro atoms. The normalized spacial score (nSPS) is 25.8. The minimum absolute atomic E-state index is 0.113. The van der Waals surface area contributed by atoms with Gasteiger partial charge in [0.15, 0.2) is 0 Å². The fourth-order valence-electron chi connectivity index (χ4n) is 2.17. The number of carbonyl (C=O) groups excluding carboxylic acids is 1.